The van der Waals surface area contributed by atoms with E-state index in [0.717, 1.165) is 29.0 Å². The molecule has 0 amide bonds. The molecule has 0 aliphatic rings. The number of fused-ring (bicyclic) bond motifs is 1. The fraction of sp³-hybridized carbons (Fsp3) is 0.643. The van der Waals surface area contributed by atoms with Gasteiger partial charge in [0.1, 0.15) is 5.69 Å². The second-order valence-corrected chi connectivity index (χ2v) is 5.74. The minimum Gasteiger partial charge on any atom is -0.480 e. The van der Waals surface area contributed by atoms with E-state index in [-0.39, 0.29) is 0 Å². The average molecular weight is 281 g/mol. The van der Waals surface area contributed by atoms with Crippen molar-refractivity contribution in [3.63, 3.8) is 0 Å². The first-order valence-electron chi connectivity index (χ1n) is 6.93. The third-order valence-corrected chi connectivity index (χ3v) is 4.62. The minimum absolute atomic E-state index is 0.504. The summed E-state index contributed by atoms with van der Waals surface area (Å²) in [5.74, 6) is 1.45. The molecular formula is C14H23N3OS. The Morgan fingerprint density at radius 1 is 1.42 bits per heavy atom. The van der Waals surface area contributed by atoms with Gasteiger partial charge in [-0.1, -0.05) is 26.7 Å². The lowest BCUT2D eigenvalue weighted by molar-refractivity contribution is 0.345. The van der Waals surface area contributed by atoms with E-state index in [1.54, 1.807) is 18.4 Å². The highest BCUT2D eigenvalue weighted by atomic mass is 32.1. The SMILES string of the molecule is CCC(CC)C(C)NCc1c(OC)nc2sccn12. The molecule has 4 nitrogen and oxygen atoms in total. The molecule has 1 N–H and O–H groups in total. The van der Waals surface area contributed by atoms with Crippen LogP contribution in [0, 0.1) is 5.92 Å². The van der Waals surface area contributed by atoms with E-state index in [2.05, 4.69) is 40.9 Å². The van der Waals surface area contributed by atoms with Crippen LogP contribution in [-0.2, 0) is 6.54 Å². The van der Waals surface area contributed by atoms with Crippen molar-refractivity contribution in [3.8, 4) is 5.88 Å². The molecule has 0 radical (unpaired) electrons. The molecule has 0 bridgehead atoms. The normalized spacial score (nSPS) is 13.3. The van der Waals surface area contributed by atoms with Crippen LogP contribution in [0.25, 0.3) is 4.96 Å². The highest BCUT2D eigenvalue weighted by Crippen LogP contribution is 2.23. The van der Waals surface area contributed by atoms with Gasteiger partial charge in [-0.15, -0.1) is 11.3 Å². The van der Waals surface area contributed by atoms with E-state index in [4.69, 9.17) is 4.74 Å². The van der Waals surface area contributed by atoms with Crippen LogP contribution in [0.4, 0.5) is 0 Å². The second-order valence-electron chi connectivity index (χ2n) is 4.87. The summed E-state index contributed by atoms with van der Waals surface area (Å²) in [6, 6.07) is 0.504. The third-order valence-electron chi connectivity index (χ3n) is 3.87. The number of hydrogen-bond donors (Lipinski definition) is 1. The summed E-state index contributed by atoms with van der Waals surface area (Å²) in [6.45, 7) is 7.56. The molecule has 2 aromatic heterocycles. The van der Waals surface area contributed by atoms with Crippen molar-refractivity contribution in [3.05, 3.63) is 17.3 Å². The van der Waals surface area contributed by atoms with Crippen molar-refractivity contribution < 1.29 is 4.74 Å². The van der Waals surface area contributed by atoms with Gasteiger partial charge in [-0.25, -0.2) is 0 Å². The lowest BCUT2D eigenvalue weighted by atomic mass is 9.95. The first-order chi connectivity index (χ1) is 9.21. The number of nitrogens with one attached hydrogen (secondary N) is 1. The minimum atomic E-state index is 0.504. The molecule has 0 aromatic carbocycles. The Morgan fingerprint density at radius 3 is 2.79 bits per heavy atom. The molecule has 0 saturated carbocycles. The van der Waals surface area contributed by atoms with Gasteiger partial charge in [0.15, 0.2) is 4.96 Å². The van der Waals surface area contributed by atoms with Gasteiger partial charge in [0, 0.05) is 24.2 Å². The molecule has 0 saturated heterocycles. The van der Waals surface area contributed by atoms with E-state index in [9.17, 15) is 0 Å². The number of imidazole rings is 1. The summed E-state index contributed by atoms with van der Waals surface area (Å²) in [4.78, 5) is 5.46. The third kappa shape index (κ3) is 2.92. The molecule has 1 unspecified atom stereocenters. The Balaban J connectivity index is 2.10. The van der Waals surface area contributed by atoms with Crippen LogP contribution in [0.5, 0.6) is 5.88 Å². The Labute approximate surface area is 118 Å². The number of nitrogens with zero attached hydrogens (tertiary/aromatic N) is 2. The zero-order valence-corrected chi connectivity index (χ0v) is 13.0. The summed E-state index contributed by atoms with van der Waals surface area (Å²) in [7, 11) is 1.68. The maximum atomic E-state index is 5.37. The van der Waals surface area contributed by atoms with E-state index >= 15 is 0 Å². The standard InChI is InChI=1S/C14H23N3OS/c1-5-11(6-2)10(3)15-9-12-13(18-4)16-14-17(12)7-8-19-14/h7-8,10-11,15H,5-6,9H2,1-4H3. The average Bonchev–Trinajstić information content (AvgIpc) is 2.98. The van der Waals surface area contributed by atoms with Crippen LogP contribution < -0.4 is 10.1 Å². The van der Waals surface area contributed by atoms with Crippen LogP contribution >= 0.6 is 11.3 Å². The zero-order chi connectivity index (χ0) is 13.8. The maximum absolute atomic E-state index is 5.37. The van der Waals surface area contributed by atoms with E-state index < -0.39 is 0 Å². The molecule has 2 aromatic rings. The fourth-order valence-corrected chi connectivity index (χ4v) is 3.28. The highest BCUT2D eigenvalue weighted by Gasteiger charge is 2.17. The van der Waals surface area contributed by atoms with Crippen molar-refractivity contribution in [2.75, 3.05) is 7.11 Å². The molecule has 0 aliphatic carbocycles. The molecule has 5 heteroatoms. The monoisotopic (exact) mass is 281 g/mol. The fourth-order valence-electron chi connectivity index (χ4n) is 2.56. The van der Waals surface area contributed by atoms with Gasteiger partial charge in [0.25, 0.3) is 0 Å². The largest absolute Gasteiger partial charge is 0.480 e. The lowest BCUT2D eigenvalue weighted by Crippen LogP contribution is -2.33. The van der Waals surface area contributed by atoms with Crippen molar-refractivity contribution in [1.82, 2.24) is 14.7 Å². The molecule has 2 rings (SSSR count). The number of aromatic nitrogens is 2. The van der Waals surface area contributed by atoms with Gasteiger partial charge in [0.05, 0.1) is 7.11 Å². The lowest BCUT2D eigenvalue weighted by Gasteiger charge is -2.22. The number of methoxy groups -OCH3 is 1. The summed E-state index contributed by atoms with van der Waals surface area (Å²) in [6.07, 6.45) is 4.47. The molecule has 0 aliphatic heterocycles. The molecule has 0 fully saturated rings. The van der Waals surface area contributed by atoms with Crippen molar-refractivity contribution in [2.45, 2.75) is 46.2 Å². The highest BCUT2D eigenvalue weighted by molar-refractivity contribution is 7.15. The predicted octanol–water partition coefficient (Wildman–Crippen LogP) is 3.32. The number of thiazole rings is 1. The second kappa shape index (κ2) is 6.39. The number of hydrogen-bond acceptors (Lipinski definition) is 4. The molecule has 19 heavy (non-hydrogen) atoms. The van der Waals surface area contributed by atoms with Crippen LogP contribution in [-0.4, -0.2) is 22.5 Å². The van der Waals surface area contributed by atoms with Crippen LogP contribution in [0.3, 0.4) is 0 Å². The summed E-state index contributed by atoms with van der Waals surface area (Å²) in [5.41, 5.74) is 1.11. The summed E-state index contributed by atoms with van der Waals surface area (Å²) in [5, 5.41) is 5.66. The van der Waals surface area contributed by atoms with Crippen LogP contribution in [0.2, 0.25) is 0 Å². The molecule has 1 atom stereocenters. The summed E-state index contributed by atoms with van der Waals surface area (Å²) >= 11 is 1.63. The van der Waals surface area contributed by atoms with Crippen molar-refractivity contribution >= 4 is 16.3 Å². The van der Waals surface area contributed by atoms with E-state index in [1.807, 2.05) is 6.20 Å². The van der Waals surface area contributed by atoms with Gasteiger partial charge in [0.2, 0.25) is 5.88 Å². The first kappa shape index (κ1) is 14.3. The first-order valence-corrected chi connectivity index (χ1v) is 7.80. The van der Waals surface area contributed by atoms with Crippen molar-refractivity contribution in [1.29, 1.82) is 0 Å². The smallest absolute Gasteiger partial charge is 0.237 e. The Morgan fingerprint density at radius 2 is 2.16 bits per heavy atom. The van der Waals surface area contributed by atoms with Crippen molar-refractivity contribution in [2.24, 2.45) is 5.92 Å². The van der Waals surface area contributed by atoms with Gasteiger partial charge < -0.3 is 10.1 Å². The zero-order valence-electron chi connectivity index (χ0n) is 12.1. The van der Waals surface area contributed by atoms with Crippen LogP contribution in [0.1, 0.15) is 39.3 Å². The number of rotatable bonds is 7. The quantitative estimate of drug-likeness (QED) is 0.846. The molecule has 2 heterocycles. The van der Waals surface area contributed by atoms with E-state index in [0.29, 0.717) is 6.04 Å². The Bertz CT molecular complexity index is 516. The molecular weight excluding hydrogens is 258 g/mol. The van der Waals surface area contributed by atoms with Gasteiger partial charge in [-0.2, -0.15) is 4.98 Å². The molecule has 0 spiro atoms. The molecule has 106 valence electrons. The maximum Gasteiger partial charge on any atom is 0.237 e. The summed E-state index contributed by atoms with van der Waals surface area (Å²) < 4.78 is 7.48. The van der Waals surface area contributed by atoms with Crippen LogP contribution in [0.15, 0.2) is 11.6 Å². The van der Waals surface area contributed by atoms with E-state index in [1.165, 1.54) is 12.8 Å². The number of ether oxygens (including phenoxy) is 1. The Hall–Kier alpha value is -1.07. The Kier molecular flexibility index (Phi) is 4.82. The van der Waals surface area contributed by atoms with Gasteiger partial charge in [-0.05, 0) is 12.8 Å². The van der Waals surface area contributed by atoms with Gasteiger partial charge in [-0.3, -0.25) is 4.40 Å². The predicted molar refractivity (Wildman–Crippen MR) is 80.0 cm³/mol. The van der Waals surface area contributed by atoms with Gasteiger partial charge >= 0.3 is 0 Å². The topological polar surface area (TPSA) is 38.6 Å².